The predicted octanol–water partition coefficient (Wildman–Crippen LogP) is 5.88. The highest BCUT2D eigenvalue weighted by Crippen LogP contribution is 2.34. The molecule has 0 saturated heterocycles. The fourth-order valence-electron chi connectivity index (χ4n) is 3.66. The van der Waals surface area contributed by atoms with Crippen LogP contribution in [0.2, 0.25) is 5.02 Å². The molecule has 0 radical (unpaired) electrons. The number of halogens is 4. The zero-order valence-electron chi connectivity index (χ0n) is 19.8. The largest absolute Gasteiger partial charge is 0.462 e. The highest BCUT2D eigenvalue weighted by molar-refractivity contribution is 6.30. The number of nitrogens with zero attached hydrogens (tertiary/aromatic N) is 3. The van der Waals surface area contributed by atoms with Gasteiger partial charge in [0.1, 0.15) is 6.07 Å². The molecule has 0 aliphatic heterocycles. The molecule has 2 aromatic heterocycles. The molecule has 0 fully saturated rings. The first kappa shape index (κ1) is 27.0. The van der Waals surface area contributed by atoms with Gasteiger partial charge in [-0.05, 0) is 55.2 Å². The number of alkyl halides is 3. The molecule has 0 spiro atoms. The summed E-state index contributed by atoms with van der Waals surface area (Å²) in [6.07, 6.45) is -0.768. The summed E-state index contributed by atoms with van der Waals surface area (Å²) < 4.78 is 44.0. The average Bonchev–Trinajstić information content (AvgIpc) is 2.83. The SMILES string of the molecule is CC(c1cccc(Cl)c1)C(CNC(=O)C(C)(C)Oc1ccc(C(F)(F)F)cn1)c1cncc(C#N)c1. The Balaban J connectivity index is 1.78. The Morgan fingerprint density at radius 1 is 1.14 bits per heavy atom. The first-order valence-corrected chi connectivity index (χ1v) is 11.4. The Bertz CT molecular complexity index is 1260. The second-order valence-corrected chi connectivity index (χ2v) is 9.21. The van der Waals surface area contributed by atoms with Gasteiger partial charge in [-0.15, -0.1) is 0 Å². The van der Waals surface area contributed by atoms with Gasteiger partial charge in [-0.3, -0.25) is 9.78 Å². The zero-order valence-corrected chi connectivity index (χ0v) is 20.6. The van der Waals surface area contributed by atoms with E-state index in [0.717, 1.165) is 23.3 Å². The minimum Gasteiger partial charge on any atom is -0.462 e. The van der Waals surface area contributed by atoms with Gasteiger partial charge in [0.05, 0.1) is 11.1 Å². The van der Waals surface area contributed by atoms with E-state index in [2.05, 4.69) is 21.4 Å². The third-order valence-electron chi connectivity index (χ3n) is 5.75. The molecule has 0 aliphatic rings. The van der Waals surface area contributed by atoms with E-state index in [-0.39, 0.29) is 24.3 Å². The number of rotatable bonds is 8. The van der Waals surface area contributed by atoms with Crippen molar-refractivity contribution in [1.82, 2.24) is 15.3 Å². The maximum absolute atomic E-state index is 13.0. The summed E-state index contributed by atoms with van der Waals surface area (Å²) in [5.74, 6) is -0.983. The van der Waals surface area contributed by atoms with E-state index in [0.29, 0.717) is 16.8 Å². The van der Waals surface area contributed by atoms with Crippen LogP contribution in [0.3, 0.4) is 0 Å². The third-order valence-corrected chi connectivity index (χ3v) is 5.98. The maximum atomic E-state index is 13.0. The minimum absolute atomic E-state index is 0.111. The fourth-order valence-corrected chi connectivity index (χ4v) is 3.86. The summed E-state index contributed by atoms with van der Waals surface area (Å²) in [6, 6.07) is 13.1. The van der Waals surface area contributed by atoms with Gasteiger partial charge in [0.2, 0.25) is 5.88 Å². The summed E-state index contributed by atoms with van der Waals surface area (Å²) in [6.45, 7) is 5.15. The molecule has 36 heavy (non-hydrogen) atoms. The van der Waals surface area contributed by atoms with Gasteiger partial charge in [-0.1, -0.05) is 30.7 Å². The van der Waals surface area contributed by atoms with Crippen LogP contribution in [-0.2, 0) is 11.0 Å². The molecule has 2 unspecified atom stereocenters. The van der Waals surface area contributed by atoms with Crippen molar-refractivity contribution in [3.8, 4) is 11.9 Å². The van der Waals surface area contributed by atoms with E-state index >= 15 is 0 Å². The zero-order chi connectivity index (χ0) is 26.5. The Morgan fingerprint density at radius 3 is 2.50 bits per heavy atom. The van der Waals surface area contributed by atoms with Crippen molar-refractivity contribution in [3.63, 3.8) is 0 Å². The van der Waals surface area contributed by atoms with E-state index in [1.54, 1.807) is 18.3 Å². The van der Waals surface area contributed by atoms with E-state index < -0.39 is 23.2 Å². The fraction of sp³-hybridized carbons (Fsp3) is 0.308. The summed E-state index contributed by atoms with van der Waals surface area (Å²) >= 11 is 6.18. The highest BCUT2D eigenvalue weighted by Gasteiger charge is 2.34. The molecular formula is C26H24ClF3N4O2. The highest BCUT2D eigenvalue weighted by atomic mass is 35.5. The molecule has 3 rings (SSSR count). The number of nitrogens with one attached hydrogen (secondary N) is 1. The van der Waals surface area contributed by atoms with Crippen molar-refractivity contribution in [3.05, 3.63) is 88.3 Å². The molecule has 188 valence electrons. The number of pyridine rings is 2. The number of hydrogen-bond acceptors (Lipinski definition) is 5. The Kier molecular flexibility index (Phi) is 8.21. The van der Waals surface area contributed by atoms with E-state index in [9.17, 15) is 23.2 Å². The van der Waals surface area contributed by atoms with Gasteiger partial charge in [0, 0.05) is 42.1 Å². The van der Waals surface area contributed by atoms with Crippen molar-refractivity contribution in [2.24, 2.45) is 0 Å². The number of carbonyl (C=O) groups excluding carboxylic acids is 1. The van der Waals surface area contributed by atoms with E-state index in [1.807, 2.05) is 25.1 Å². The summed E-state index contributed by atoms with van der Waals surface area (Å²) in [7, 11) is 0. The van der Waals surface area contributed by atoms with Crippen LogP contribution in [0.15, 0.2) is 61.1 Å². The molecule has 1 N–H and O–H groups in total. The van der Waals surface area contributed by atoms with E-state index in [4.69, 9.17) is 16.3 Å². The van der Waals surface area contributed by atoms with Crippen LogP contribution >= 0.6 is 11.6 Å². The van der Waals surface area contributed by atoms with Crippen LogP contribution in [0, 0.1) is 11.3 Å². The molecular weight excluding hydrogens is 493 g/mol. The smallest absolute Gasteiger partial charge is 0.417 e. The molecule has 0 bridgehead atoms. The monoisotopic (exact) mass is 516 g/mol. The van der Waals surface area contributed by atoms with Crippen LogP contribution in [0.1, 0.15) is 54.9 Å². The number of amides is 1. The van der Waals surface area contributed by atoms with Crippen LogP contribution in [-0.4, -0.2) is 28.0 Å². The number of hydrogen-bond donors (Lipinski definition) is 1. The summed E-state index contributed by atoms with van der Waals surface area (Å²) in [4.78, 5) is 20.9. The molecule has 10 heteroatoms. The topological polar surface area (TPSA) is 87.9 Å². The molecule has 2 atom stereocenters. The lowest BCUT2D eigenvalue weighted by molar-refractivity contribution is -0.138. The quantitative estimate of drug-likeness (QED) is 0.404. The van der Waals surface area contributed by atoms with Crippen molar-refractivity contribution in [2.75, 3.05) is 6.54 Å². The average molecular weight is 517 g/mol. The number of aromatic nitrogens is 2. The van der Waals surface area contributed by atoms with Crippen LogP contribution < -0.4 is 10.1 Å². The normalized spacial score (nSPS) is 13.4. The molecule has 3 aromatic rings. The van der Waals surface area contributed by atoms with Crippen molar-refractivity contribution in [2.45, 2.75) is 44.4 Å². The van der Waals surface area contributed by atoms with Gasteiger partial charge in [0.15, 0.2) is 5.60 Å². The maximum Gasteiger partial charge on any atom is 0.417 e. The number of nitriles is 1. The summed E-state index contributed by atoms with van der Waals surface area (Å²) in [5.41, 5.74) is -0.260. The van der Waals surface area contributed by atoms with Crippen LogP contribution in [0.25, 0.3) is 0 Å². The Morgan fingerprint density at radius 2 is 1.89 bits per heavy atom. The van der Waals surface area contributed by atoms with Crippen molar-refractivity contribution < 1.29 is 22.7 Å². The van der Waals surface area contributed by atoms with Crippen LogP contribution in [0.5, 0.6) is 5.88 Å². The Labute approximate surface area is 212 Å². The van der Waals surface area contributed by atoms with Crippen molar-refractivity contribution >= 4 is 17.5 Å². The van der Waals surface area contributed by atoms with E-state index in [1.165, 1.54) is 20.0 Å². The van der Waals surface area contributed by atoms with Gasteiger partial charge >= 0.3 is 6.18 Å². The van der Waals surface area contributed by atoms with Gasteiger partial charge in [0.25, 0.3) is 5.91 Å². The third kappa shape index (κ3) is 6.73. The number of ether oxygens (including phenoxy) is 1. The molecule has 6 nitrogen and oxygen atoms in total. The lowest BCUT2D eigenvalue weighted by Crippen LogP contribution is -2.48. The predicted molar refractivity (Wildman–Crippen MR) is 129 cm³/mol. The standard InChI is InChI=1S/C26H24ClF3N4O2/c1-16(18-5-4-6-21(27)10-18)22(19-9-17(11-31)12-32-13-19)15-34-24(35)25(2,3)36-23-8-7-20(14-33-23)26(28,29)30/h4-10,12-14,16,22H,15H2,1-3H3,(H,34,35). The molecule has 1 aromatic carbocycles. The molecule has 0 saturated carbocycles. The van der Waals surface area contributed by atoms with Crippen molar-refractivity contribution in [1.29, 1.82) is 5.26 Å². The van der Waals surface area contributed by atoms with Gasteiger partial charge in [-0.2, -0.15) is 18.4 Å². The lowest BCUT2D eigenvalue weighted by Gasteiger charge is -2.29. The first-order valence-electron chi connectivity index (χ1n) is 11.0. The number of benzene rings is 1. The second-order valence-electron chi connectivity index (χ2n) is 8.77. The van der Waals surface area contributed by atoms with Gasteiger partial charge < -0.3 is 10.1 Å². The Hall–Kier alpha value is -3.64. The van der Waals surface area contributed by atoms with Crippen LogP contribution in [0.4, 0.5) is 13.2 Å². The molecule has 2 heterocycles. The first-order chi connectivity index (χ1) is 16.9. The number of carbonyl (C=O) groups is 1. The second kappa shape index (κ2) is 11.0. The molecule has 1 amide bonds. The van der Waals surface area contributed by atoms with Gasteiger partial charge in [-0.25, -0.2) is 4.98 Å². The minimum atomic E-state index is -4.52. The lowest BCUT2D eigenvalue weighted by atomic mass is 9.82. The molecule has 0 aliphatic carbocycles. The summed E-state index contributed by atoms with van der Waals surface area (Å²) in [5, 5.41) is 12.7.